The molecule has 1 unspecified atom stereocenters. The van der Waals surface area contributed by atoms with E-state index in [0.717, 1.165) is 37.5 Å². The fourth-order valence-electron chi connectivity index (χ4n) is 3.05. The molecule has 0 saturated carbocycles. The monoisotopic (exact) mass is 327 g/mol. The number of rotatable bonds is 6. The first-order chi connectivity index (χ1) is 11.7. The third-order valence-electron chi connectivity index (χ3n) is 4.53. The van der Waals surface area contributed by atoms with Crippen molar-refractivity contribution in [3.63, 3.8) is 0 Å². The quantitative estimate of drug-likeness (QED) is 0.887. The van der Waals surface area contributed by atoms with Crippen molar-refractivity contribution < 1.29 is 9.21 Å². The van der Waals surface area contributed by atoms with Crippen LogP contribution >= 0.6 is 0 Å². The molecule has 0 aliphatic carbocycles. The van der Waals surface area contributed by atoms with Crippen molar-refractivity contribution in [2.75, 3.05) is 33.2 Å². The molecule has 1 atom stereocenters. The van der Waals surface area contributed by atoms with Gasteiger partial charge in [-0.05, 0) is 43.6 Å². The summed E-state index contributed by atoms with van der Waals surface area (Å²) in [5, 5.41) is 3.09. The lowest BCUT2D eigenvalue weighted by Crippen LogP contribution is -2.42. The third-order valence-corrected chi connectivity index (χ3v) is 4.53. The van der Waals surface area contributed by atoms with Gasteiger partial charge in [0.25, 0.3) is 0 Å². The summed E-state index contributed by atoms with van der Waals surface area (Å²) in [6.07, 6.45) is 4.17. The van der Waals surface area contributed by atoms with Crippen molar-refractivity contribution in [2.45, 2.75) is 18.9 Å². The predicted molar refractivity (Wildman–Crippen MR) is 93.8 cm³/mol. The van der Waals surface area contributed by atoms with Crippen LogP contribution in [-0.4, -0.2) is 49.1 Å². The molecule has 0 bridgehead atoms. The topological polar surface area (TPSA) is 48.7 Å². The highest BCUT2D eigenvalue weighted by atomic mass is 16.3. The number of benzene rings is 1. The zero-order chi connectivity index (χ0) is 16.8. The van der Waals surface area contributed by atoms with Crippen molar-refractivity contribution in [3.8, 4) is 0 Å². The number of furan rings is 1. The maximum absolute atomic E-state index is 12.6. The Morgan fingerprint density at radius 1 is 1.21 bits per heavy atom. The number of carbonyl (C=O) groups excluding carboxylic acids is 1. The fraction of sp³-hybridized carbons (Fsp3) is 0.421. The number of carbonyl (C=O) groups is 1. The summed E-state index contributed by atoms with van der Waals surface area (Å²) in [7, 11) is 1.84. The molecule has 1 fully saturated rings. The Morgan fingerprint density at radius 3 is 2.62 bits per heavy atom. The second kappa shape index (κ2) is 8.02. The first kappa shape index (κ1) is 16.6. The number of nitrogens with zero attached hydrogens (tertiary/aromatic N) is 2. The molecule has 1 aromatic carbocycles. The highest BCUT2D eigenvalue weighted by Crippen LogP contribution is 2.22. The van der Waals surface area contributed by atoms with Gasteiger partial charge in [-0.1, -0.05) is 30.3 Å². The lowest BCUT2D eigenvalue weighted by molar-refractivity contribution is 0.197. The maximum atomic E-state index is 12.6. The minimum atomic E-state index is -0.275. The maximum Gasteiger partial charge on any atom is 0.318 e. The van der Waals surface area contributed by atoms with E-state index in [-0.39, 0.29) is 12.1 Å². The summed E-state index contributed by atoms with van der Waals surface area (Å²) in [5.74, 6) is 0.738. The minimum absolute atomic E-state index is 0.0838. The largest absolute Gasteiger partial charge is 0.467 e. The first-order valence-corrected chi connectivity index (χ1v) is 8.56. The smallest absolute Gasteiger partial charge is 0.318 e. The second-order valence-electron chi connectivity index (χ2n) is 6.28. The lowest BCUT2D eigenvalue weighted by atomic mass is 10.0. The Hall–Kier alpha value is -2.27. The molecule has 5 nitrogen and oxygen atoms in total. The molecule has 1 aromatic heterocycles. The molecule has 1 aliphatic rings. The molecule has 5 heteroatoms. The Kier molecular flexibility index (Phi) is 5.54. The van der Waals surface area contributed by atoms with E-state index in [9.17, 15) is 4.79 Å². The SMILES string of the molecule is CN(CCN1CCCC1)C(=O)NC(c1ccccc1)c1ccco1. The number of urea groups is 1. The Labute approximate surface area is 143 Å². The summed E-state index contributed by atoms with van der Waals surface area (Å²) < 4.78 is 5.53. The molecule has 128 valence electrons. The molecule has 0 spiro atoms. The third kappa shape index (κ3) is 4.17. The fourth-order valence-corrected chi connectivity index (χ4v) is 3.05. The molecule has 3 rings (SSSR count). The minimum Gasteiger partial charge on any atom is -0.467 e. The number of likely N-dealkylation sites (N-methyl/N-ethyl adjacent to an activating group) is 1. The van der Waals surface area contributed by atoms with Gasteiger partial charge in [-0.2, -0.15) is 0 Å². The molecule has 2 aromatic rings. The molecular weight excluding hydrogens is 302 g/mol. The van der Waals surface area contributed by atoms with Gasteiger partial charge in [0, 0.05) is 20.1 Å². The van der Waals surface area contributed by atoms with E-state index < -0.39 is 0 Å². The first-order valence-electron chi connectivity index (χ1n) is 8.56. The number of nitrogens with one attached hydrogen (secondary N) is 1. The van der Waals surface area contributed by atoms with E-state index in [1.807, 2.05) is 49.5 Å². The molecule has 1 saturated heterocycles. The van der Waals surface area contributed by atoms with E-state index in [0.29, 0.717) is 0 Å². The van der Waals surface area contributed by atoms with Crippen LogP contribution in [0, 0.1) is 0 Å². The van der Waals surface area contributed by atoms with Crippen molar-refractivity contribution in [1.29, 1.82) is 0 Å². The van der Waals surface area contributed by atoms with Gasteiger partial charge >= 0.3 is 6.03 Å². The Bertz CT molecular complexity index is 621. The standard InChI is InChI=1S/C19H25N3O2/c1-21(13-14-22-11-5-6-12-22)19(23)20-18(17-10-7-15-24-17)16-8-3-2-4-9-16/h2-4,7-10,15,18H,5-6,11-14H2,1H3,(H,20,23). The van der Waals surface area contributed by atoms with Crippen LogP contribution in [0.5, 0.6) is 0 Å². The van der Waals surface area contributed by atoms with Crippen LogP contribution in [0.4, 0.5) is 4.79 Å². The van der Waals surface area contributed by atoms with Crippen LogP contribution < -0.4 is 5.32 Å². The van der Waals surface area contributed by atoms with Gasteiger partial charge in [0.1, 0.15) is 11.8 Å². The van der Waals surface area contributed by atoms with Crippen LogP contribution in [0.25, 0.3) is 0 Å². The summed E-state index contributed by atoms with van der Waals surface area (Å²) in [6, 6.07) is 13.3. The molecule has 1 aliphatic heterocycles. The normalized spacial score (nSPS) is 16.0. The van der Waals surface area contributed by atoms with Crippen molar-refractivity contribution >= 4 is 6.03 Å². The second-order valence-corrected chi connectivity index (χ2v) is 6.28. The predicted octanol–water partition coefficient (Wildman–Crippen LogP) is 3.11. The van der Waals surface area contributed by atoms with E-state index in [1.165, 1.54) is 12.8 Å². The summed E-state index contributed by atoms with van der Waals surface area (Å²) in [4.78, 5) is 16.7. The summed E-state index contributed by atoms with van der Waals surface area (Å²) in [5.41, 5.74) is 1.01. The molecule has 2 amide bonds. The van der Waals surface area contributed by atoms with Crippen molar-refractivity contribution in [3.05, 3.63) is 60.1 Å². The van der Waals surface area contributed by atoms with Crippen LogP contribution in [-0.2, 0) is 0 Å². The highest BCUT2D eigenvalue weighted by molar-refractivity contribution is 5.74. The zero-order valence-corrected chi connectivity index (χ0v) is 14.1. The van der Waals surface area contributed by atoms with Gasteiger partial charge in [0.05, 0.1) is 6.26 Å². The number of hydrogen-bond acceptors (Lipinski definition) is 3. The van der Waals surface area contributed by atoms with Gasteiger partial charge in [0.15, 0.2) is 0 Å². The van der Waals surface area contributed by atoms with E-state index in [1.54, 1.807) is 11.2 Å². The lowest BCUT2D eigenvalue weighted by Gasteiger charge is -2.24. The van der Waals surface area contributed by atoms with Gasteiger partial charge < -0.3 is 19.5 Å². The van der Waals surface area contributed by atoms with Gasteiger partial charge in [-0.25, -0.2) is 4.79 Å². The average molecular weight is 327 g/mol. The van der Waals surface area contributed by atoms with Crippen LogP contribution in [0.1, 0.15) is 30.2 Å². The van der Waals surface area contributed by atoms with Gasteiger partial charge in [-0.15, -0.1) is 0 Å². The molecule has 1 N–H and O–H groups in total. The molecule has 24 heavy (non-hydrogen) atoms. The number of likely N-dealkylation sites (tertiary alicyclic amines) is 1. The van der Waals surface area contributed by atoms with Crippen LogP contribution in [0.2, 0.25) is 0 Å². The van der Waals surface area contributed by atoms with E-state index in [4.69, 9.17) is 4.42 Å². The Balaban J connectivity index is 1.62. The van der Waals surface area contributed by atoms with Crippen molar-refractivity contribution in [2.24, 2.45) is 0 Å². The van der Waals surface area contributed by atoms with E-state index in [2.05, 4.69) is 10.2 Å². The number of amides is 2. The number of hydrogen-bond donors (Lipinski definition) is 1. The summed E-state index contributed by atoms with van der Waals surface area (Å²) in [6.45, 7) is 3.95. The molecular formula is C19H25N3O2. The molecule has 0 radical (unpaired) electrons. The van der Waals surface area contributed by atoms with E-state index >= 15 is 0 Å². The van der Waals surface area contributed by atoms with Crippen molar-refractivity contribution in [1.82, 2.24) is 15.1 Å². The van der Waals surface area contributed by atoms with Gasteiger partial charge in [-0.3, -0.25) is 0 Å². The highest BCUT2D eigenvalue weighted by Gasteiger charge is 2.21. The average Bonchev–Trinajstić information content (AvgIpc) is 3.31. The van der Waals surface area contributed by atoms with Crippen LogP contribution in [0.3, 0.4) is 0 Å². The van der Waals surface area contributed by atoms with Gasteiger partial charge in [0.2, 0.25) is 0 Å². The zero-order valence-electron chi connectivity index (χ0n) is 14.1. The Morgan fingerprint density at radius 2 is 1.96 bits per heavy atom. The molecule has 2 heterocycles. The van der Waals surface area contributed by atoms with Crippen LogP contribution in [0.15, 0.2) is 53.1 Å². The summed E-state index contributed by atoms with van der Waals surface area (Å²) >= 11 is 0.